The molecular weight excluding hydrogens is 399 g/mol. The van der Waals surface area contributed by atoms with Crippen LogP contribution in [0.4, 0.5) is 0 Å². The zero-order valence-corrected chi connectivity index (χ0v) is 15.9. The van der Waals surface area contributed by atoms with Crippen molar-refractivity contribution in [2.24, 2.45) is 0 Å². The Morgan fingerprint density at radius 3 is 2.54 bits per heavy atom. The number of halogens is 3. The molecule has 3 rings (SSSR count). The van der Waals surface area contributed by atoms with E-state index >= 15 is 0 Å². The summed E-state index contributed by atoms with van der Waals surface area (Å²) < 4.78 is 10.6. The van der Waals surface area contributed by atoms with Crippen LogP contribution in [0.15, 0.2) is 45.6 Å². The molecule has 0 radical (unpaired) electrons. The van der Waals surface area contributed by atoms with Crippen molar-refractivity contribution in [3.05, 3.63) is 73.0 Å². The standard InChI is InChI=1S/C19H13Cl3O4/c1-2-3-10-6-18(23)25-16-9-17(15(22)8-13(10)16)26-19(24)12-5-4-11(20)7-14(12)21/h4-9H,2-3H2,1H3. The lowest BCUT2D eigenvalue weighted by atomic mass is 10.1. The van der Waals surface area contributed by atoms with Crippen molar-refractivity contribution in [3.63, 3.8) is 0 Å². The Morgan fingerprint density at radius 2 is 1.85 bits per heavy atom. The van der Waals surface area contributed by atoms with Gasteiger partial charge in [0.15, 0.2) is 5.75 Å². The number of benzene rings is 2. The van der Waals surface area contributed by atoms with Gasteiger partial charge in [-0.3, -0.25) is 0 Å². The molecule has 0 aliphatic rings. The Labute approximate surface area is 164 Å². The Kier molecular flexibility index (Phi) is 5.56. The third-order valence-corrected chi connectivity index (χ3v) is 4.60. The molecule has 0 fully saturated rings. The van der Waals surface area contributed by atoms with Gasteiger partial charge in [-0.15, -0.1) is 0 Å². The van der Waals surface area contributed by atoms with Crippen LogP contribution in [0, 0.1) is 0 Å². The first kappa shape index (κ1) is 18.8. The third kappa shape index (κ3) is 3.88. The predicted octanol–water partition coefficient (Wildman–Crippen LogP) is 5.92. The average Bonchev–Trinajstić information content (AvgIpc) is 2.56. The molecule has 0 aliphatic heterocycles. The van der Waals surface area contributed by atoms with Gasteiger partial charge in [0.05, 0.1) is 15.6 Å². The SMILES string of the molecule is CCCc1cc(=O)oc2cc(OC(=O)c3ccc(Cl)cc3Cl)c(Cl)cc12. The molecule has 7 heteroatoms. The Balaban J connectivity index is 2.01. The first-order chi connectivity index (χ1) is 12.4. The highest BCUT2D eigenvalue weighted by Gasteiger charge is 2.17. The van der Waals surface area contributed by atoms with Crippen molar-refractivity contribution in [1.29, 1.82) is 0 Å². The number of rotatable bonds is 4. The second-order valence-corrected chi connectivity index (χ2v) is 6.88. The Hall–Kier alpha value is -2.01. The summed E-state index contributed by atoms with van der Waals surface area (Å²) in [4.78, 5) is 24.1. The number of carbonyl (C=O) groups excluding carboxylic acids is 1. The summed E-state index contributed by atoms with van der Waals surface area (Å²) in [5, 5.41) is 1.50. The maximum atomic E-state index is 12.4. The normalized spacial score (nSPS) is 10.9. The van der Waals surface area contributed by atoms with E-state index in [2.05, 4.69) is 0 Å². The molecule has 0 amide bonds. The number of hydrogen-bond donors (Lipinski definition) is 0. The molecule has 4 nitrogen and oxygen atoms in total. The number of hydrogen-bond acceptors (Lipinski definition) is 4. The molecule has 26 heavy (non-hydrogen) atoms. The monoisotopic (exact) mass is 410 g/mol. The van der Waals surface area contributed by atoms with E-state index in [0.29, 0.717) is 22.4 Å². The second-order valence-electron chi connectivity index (χ2n) is 5.63. The third-order valence-electron chi connectivity index (χ3n) is 3.76. The summed E-state index contributed by atoms with van der Waals surface area (Å²) in [5.74, 6) is -0.619. The van der Waals surface area contributed by atoms with E-state index in [-0.39, 0.29) is 21.4 Å². The highest BCUT2D eigenvalue weighted by molar-refractivity contribution is 6.36. The Bertz CT molecular complexity index is 1060. The summed E-state index contributed by atoms with van der Waals surface area (Å²) in [6.07, 6.45) is 1.57. The van der Waals surface area contributed by atoms with E-state index in [4.69, 9.17) is 44.0 Å². The fourth-order valence-corrected chi connectivity index (χ4v) is 3.28. The molecule has 0 spiro atoms. The molecule has 0 saturated heterocycles. The van der Waals surface area contributed by atoms with Crippen LogP contribution in [0.1, 0.15) is 29.3 Å². The average molecular weight is 412 g/mol. The highest BCUT2D eigenvalue weighted by Crippen LogP contribution is 2.32. The van der Waals surface area contributed by atoms with Crippen LogP contribution in [0.5, 0.6) is 5.75 Å². The maximum absolute atomic E-state index is 12.4. The summed E-state index contributed by atoms with van der Waals surface area (Å²) in [5.41, 5.74) is 0.810. The highest BCUT2D eigenvalue weighted by atomic mass is 35.5. The largest absolute Gasteiger partial charge is 0.423 e. The van der Waals surface area contributed by atoms with Gasteiger partial charge in [0, 0.05) is 22.5 Å². The van der Waals surface area contributed by atoms with Gasteiger partial charge in [-0.2, -0.15) is 0 Å². The van der Waals surface area contributed by atoms with Crippen molar-refractivity contribution in [2.75, 3.05) is 0 Å². The molecule has 0 bridgehead atoms. The van der Waals surface area contributed by atoms with E-state index in [1.807, 2.05) is 6.92 Å². The number of esters is 1. The van der Waals surface area contributed by atoms with Crippen molar-refractivity contribution in [2.45, 2.75) is 19.8 Å². The minimum Gasteiger partial charge on any atom is -0.423 e. The number of ether oxygens (including phenoxy) is 1. The van der Waals surface area contributed by atoms with E-state index in [9.17, 15) is 9.59 Å². The first-order valence-corrected chi connectivity index (χ1v) is 8.96. The van der Waals surface area contributed by atoms with Crippen LogP contribution in [0.3, 0.4) is 0 Å². The molecular formula is C19H13Cl3O4. The molecule has 0 aliphatic carbocycles. The smallest absolute Gasteiger partial charge is 0.345 e. The van der Waals surface area contributed by atoms with Gasteiger partial charge < -0.3 is 9.15 Å². The second kappa shape index (κ2) is 7.70. The van der Waals surface area contributed by atoms with Gasteiger partial charge in [0.1, 0.15) is 5.58 Å². The number of fused-ring (bicyclic) bond motifs is 1. The van der Waals surface area contributed by atoms with Crippen LogP contribution in [0.25, 0.3) is 11.0 Å². The first-order valence-electron chi connectivity index (χ1n) is 7.82. The maximum Gasteiger partial charge on any atom is 0.345 e. The molecule has 1 heterocycles. The van der Waals surface area contributed by atoms with Crippen molar-refractivity contribution in [3.8, 4) is 5.75 Å². The molecule has 0 atom stereocenters. The topological polar surface area (TPSA) is 56.5 Å². The summed E-state index contributed by atoms with van der Waals surface area (Å²) in [6, 6.07) is 8.93. The fourth-order valence-electron chi connectivity index (χ4n) is 2.59. The van der Waals surface area contributed by atoms with Crippen LogP contribution in [0.2, 0.25) is 15.1 Å². The summed E-state index contributed by atoms with van der Waals surface area (Å²) in [7, 11) is 0. The zero-order valence-electron chi connectivity index (χ0n) is 13.6. The van der Waals surface area contributed by atoms with Gasteiger partial charge >= 0.3 is 11.6 Å². The van der Waals surface area contributed by atoms with Crippen molar-refractivity contribution in [1.82, 2.24) is 0 Å². The lowest BCUT2D eigenvalue weighted by Gasteiger charge is -2.10. The van der Waals surface area contributed by atoms with Crippen LogP contribution < -0.4 is 10.4 Å². The minimum atomic E-state index is -0.694. The van der Waals surface area contributed by atoms with Gasteiger partial charge in [0.25, 0.3) is 0 Å². The van der Waals surface area contributed by atoms with Crippen LogP contribution in [-0.4, -0.2) is 5.97 Å². The summed E-state index contributed by atoms with van der Waals surface area (Å²) >= 11 is 18.1. The van der Waals surface area contributed by atoms with E-state index < -0.39 is 11.6 Å². The van der Waals surface area contributed by atoms with E-state index in [1.165, 1.54) is 30.3 Å². The number of carbonyl (C=O) groups is 1. The quantitative estimate of drug-likeness (QED) is 0.303. The van der Waals surface area contributed by atoms with Crippen molar-refractivity contribution < 1.29 is 13.9 Å². The van der Waals surface area contributed by atoms with Gasteiger partial charge in [-0.25, -0.2) is 9.59 Å². The minimum absolute atomic E-state index is 0.0759. The van der Waals surface area contributed by atoms with E-state index in [0.717, 1.165) is 12.0 Å². The predicted molar refractivity (Wildman–Crippen MR) is 103 cm³/mol. The fraction of sp³-hybridized carbons (Fsp3) is 0.158. The van der Waals surface area contributed by atoms with E-state index in [1.54, 1.807) is 6.07 Å². The lowest BCUT2D eigenvalue weighted by molar-refractivity contribution is 0.0735. The van der Waals surface area contributed by atoms with Gasteiger partial charge in [0.2, 0.25) is 0 Å². The Morgan fingerprint density at radius 1 is 1.08 bits per heavy atom. The summed E-state index contributed by atoms with van der Waals surface area (Å²) in [6.45, 7) is 2.01. The molecule has 3 aromatic rings. The van der Waals surface area contributed by atoms with Gasteiger partial charge in [-0.05, 0) is 36.2 Å². The molecule has 1 aromatic heterocycles. The molecule has 0 unspecified atom stereocenters. The molecule has 2 aromatic carbocycles. The van der Waals surface area contributed by atoms with Crippen molar-refractivity contribution >= 4 is 51.7 Å². The zero-order chi connectivity index (χ0) is 18.8. The van der Waals surface area contributed by atoms with Crippen LogP contribution in [-0.2, 0) is 6.42 Å². The number of aryl methyl sites for hydroxylation is 1. The van der Waals surface area contributed by atoms with Gasteiger partial charge in [-0.1, -0.05) is 48.1 Å². The molecule has 0 saturated carbocycles. The van der Waals surface area contributed by atoms with Crippen LogP contribution >= 0.6 is 34.8 Å². The molecule has 134 valence electrons. The molecule has 0 N–H and O–H groups in total. The lowest BCUT2D eigenvalue weighted by Crippen LogP contribution is -2.10.